The summed E-state index contributed by atoms with van der Waals surface area (Å²) in [4.78, 5) is 24.6. The molecular weight excluding hydrogens is 314 g/mol. The smallest absolute Gasteiger partial charge is 0.237 e. The monoisotopic (exact) mass is 333 g/mol. The molecule has 0 saturated heterocycles. The third-order valence-corrected chi connectivity index (χ3v) is 4.08. The van der Waals surface area contributed by atoms with Gasteiger partial charge in [0.15, 0.2) is 11.0 Å². The van der Waals surface area contributed by atoms with Crippen molar-refractivity contribution in [2.75, 3.05) is 19.8 Å². The number of aromatic nitrogens is 3. The van der Waals surface area contributed by atoms with E-state index >= 15 is 0 Å². The molecule has 7 nitrogen and oxygen atoms in total. The van der Waals surface area contributed by atoms with Gasteiger partial charge in [0.05, 0.1) is 5.75 Å². The second-order valence-electron chi connectivity index (χ2n) is 5.30. The summed E-state index contributed by atoms with van der Waals surface area (Å²) in [7, 11) is 3.38. The maximum absolute atomic E-state index is 11.7. The van der Waals surface area contributed by atoms with Crippen LogP contribution in [0.15, 0.2) is 29.4 Å². The van der Waals surface area contributed by atoms with Crippen molar-refractivity contribution >= 4 is 23.6 Å². The zero-order valence-electron chi connectivity index (χ0n) is 13.3. The lowest BCUT2D eigenvalue weighted by Gasteiger charge is -2.11. The third kappa shape index (κ3) is 4.32. The summed E-state index contributed by atoms with van der Waals surface area (Å²) in [6.07, 6.45) is 0. The van der Waals surface area contributed by atoms with E-state index < -0.39 is 5.91 Å². The molecule has 0 aliphatic heterocycles. The fourth-order valence-corrected chi connectivity index (χ4v) is 2.86. The van der Waals surface area contributed by atoms with Gasteiger partial charge in [-0.3, -0.25) is 14.2 Å². The van der Waals surface area contributed by atoms with Crippen molar-refractivity contribution < 1.29 is 9.59 Å². The summed E-state index contributed by atoms with van der Waals surface area (Å²) >= 11 is 1.24. The van der Waals surface area contributed by atoms with E-state index in [0.717, 1.165) is 11.1 Å². The average Bonchev–Trinajstić information content (AvgIpc) is 2.86. The number of thioether (sulfide) groups is 1. The molecule has 2 amide bonds. The Labute approximate surface area is 138 Å². The Morgan fingerprint density at radius 3 is 2.65 bits per heavy atom. The third-order valence-electron chi connectivity index (χ3n) is 3.13. The first-order valence-electron chi connectivity index (χ1n) is 7.00. The molecule has 0 bridgehead atoms. The largest absolute Gasteiger partial charge is 0.368 e. The molecule has 2 rings (SSSR count). The molecule has 8 heteroatoms. The standard InChI is InChI=1S/C15H19N5O2S/c1-10-5-4-6-11(7-10)14-17-18-15(20(14)8-12(16)21)23-9-13(22)19(2)3/h4-7H,8-9H2,1-3H3,(H2,16,21). The van der Waals surface area contributed by atoms with Gasteiger partial charge in [0.25, 0.3) is 0 Å². The molecule has 0 atom stereocenters. The number of aryl methyl sites for hydroxylation is 1. The Bertz CT molecular complexity index is 726. The van der Waals surface area contributed by atoms with Crippen LogP contribution in [0.25, 0.3) is 11.4 Å². The fraction of sp³-hybridized carbons (Fsp3) is 0.333. The Kier molecular flexibility index (Phi) is 5.38. The molecule has 0 radical (unpaired) electrons. The van der Waals surface area contributed by atoms with E-state index in [4.69, 9.17) is 5.73 Å². The van der Waals surface area contributed by atoms with Gasteiger partial charge in [-0.15, -0.1) is 10.2 Å². The van der Waals surface area contributed by atoms with Crippen molar-refractivity contribution in [1.82, 2.24) is 19.7 Å². The molecule has 0 unspecified atom stereocenters. The van der Waals surface area contributed by atoms with Gasteiger partial charge in [-0.25, -0.2) is 0 Å². The lowest BCUT2D eigenvalue weighted by Crippen LogP contribution is -2.24. The molecule has 0 fully saturated rings. The van der Waals surface area contributed by atoms with Crippen LogP contribution in [0.3, 0.4) is 0 Å². The highest BCUT2D eigenvalue weighted by Gasteiger charge is 2.17. The molecular formula is C15H19N5O2S. The summed E-state index contributed by atoms with van der Waals surface area (Å²) in [5, 5.41) is 8.76. The number of carbonyl (C=O) groups is 2. The van der Waals surface area contributed by atoms with E-state index in [1.54, 1.807) is 18.7 Å². The number of carbonyl (C=O) groups excluding carboxylic acids is 2. The number of amides is 2. The van der Waals surface area contributed by atoms with Crippen molar-refractivity contribution in [2.45, 2.75) is 18.6 Å². The molecule has 23 heavy (non-hydrogen) atoms. The van der Waals surface area contributed by atoms with Crippen molar-refractivity contribution in [2.24, 2.45) is 5.73 Å². The highest BCUT2D eigenvalue weighted by Crippen LogP contribution is 2.24. The van der Waals surface area contributed by atoms with Crippen molar-refractivity contribution in [1.29, 1.82) is 0 Å². The molecule has 0 spiro atoms. The zero-order chi connectivity index (χ0) is 17.0. The second kappa shape index (κ2) is 7.28. The van der Waals surface area contributed by atoms with Crippen LogP contribution in [0.5, 0.6) is 0 Å². The first-order valence-corrected chi connectivity index (χ1v) is 7.98. The van der Waals surface area contributed by atoms with Gasteiger partial charge in [-0.05, 0) is 13.0 Å². The lowest BCUT2D eigenvalue weighted by atomic mass is 10.1. The number of primary amides is 1. The Morgan fingerprint density at radius 2 is 2.04 bits per heavy atom. The van der Waals surface area contributed by atoms with Crippen LogP contribution in [-0.4, -0.2) is 51.3 Å². The van der Waals surface area contributed by atoms with Crippen LogP contribution in [-0.2, 0) is 16.1 Å². The highest BCUT2D eigenvalue weighted by molar-refractivity contribution is 7.99. The minimum atomic E-state index is -0.487. The van der Waals surface area contributed by atoms with Gasteiger partial charge in [-0.1, -0.05) is 35.5 Å². The molecule has 2 aromatic rings. The lowest BCUT2D eigenvalue weighted by molar-refractivity contribution is -0.125. The summed E-state index contributed by atoms with van der Waals surface area (Å²) in [5.41, 5.74) is 7.26. The number of rotatable bonds is 6. The van der Waals surface area contributed by atoms with E-state index in [0.29, 0.717) is 11.0 Å². The van der Waals surface area contributed by atoms with E-state index in [-0.39, 0.29) is 18.2 Å². The summed E-state index contributed by atoms with van der Waals surface area (Å²) in [6, 6.07) is 7.74. The van der Waals surface area contributed by atoms with E-state index in [2.05, 4.69) is 10.2 Å². The van der Waals surface area contributed by atoms with Crippen LogP contribution in [0, 0.1) is 6.92 Å². The number of hydrogen-bond donors (Lipinski definition) is 1. The summed E-state index contributed by atoms with van der Waals surface area (Å²) in [5.74, 6) is 0.255. The van der Waals surface area contributed by atoms with Crippen LogP contribution >= 0.6 is 11.8 Å². The maximum Gasteiger partial charge on any atom is 0.237 e. The predicted molar refractivity (Wildman–Crippen MR) is 88.8 cm³/mol. The Morgan fingerprint density at radius 1 is 1.30 bits per heavy atom. The van der Waals surface area contributed by atoms with Gasteiger partial charge < -0.3 is 10.6 Å². The number of benzene rings is 1. The normalized spacial score (nSPS) is 10.6. The molecule has 122 valence electrons. The van der Waals surface area contributed by atoms with Gasteiger partial charge >= 0.3 is 0 Å². The van der Waals surface area contributed by atoms with Crippen LogP contribution in [0.4, 0.5) is 0 Å². The molecule has 1 heterocycles. The van der Waals surface area contributed by atoms with Gasteiger partial charge in [0, 0.05) is 19.7 Å². The topological polar surface area (TPSA) is 94.1 Å². The Balaban J connectivity index is 2.33. The van der Waals surface area contributed by atoms with Gasteiger partial charge in [-0.2, -0.15) is 0 Å². The van der Waals surface area contributed by atoms with Crippen molar-refractivity contribution in [3.63, 3.8) is 0 Å². The van der Waals surface area contributed by atoms with Gasteiger partial charge in [0.2, 0.25) is 11.8 Å². The quantitative estimate of drug-likeness (QED) is 0.793. The molecule has 1 aromatic heterocycles. The van der Waals surface area contributed by atoms with E-state index in [1.165, 1.54) is 16.7 Å². The average molecular weight is 333 g/mol. The zero-order valence-corrected chi connectivity index (χ0v) is 14.1. The van der Waals surface area contributed by atoms with E-state index in [1.807, 2.05) is 31.2 Å². The van der Waals surface area contributed by atoms with Crippen molar-refractivity contribution in [3.05, 3.63) is 29.8 Å². The van der Waals surface area contributed by atoms with E-state index in [9.17, 15) is 9.59 Å². The second-order valence-corrected chi connectivity index (χ2v) is 6.25. The summed E-state index contributed by atoms with van der Waals surface area (Å²) in [6.45, 7) is 1.94. The van der Waals surface area contributed by atoms with Crippen LogP contribution in [0.2, 0.25) is 0 Å². The number of hydrogen-bond acceptors (Lipinski definition) is 5. The fourth-order valence-electron chi connectivity index (χ4n) is 1.95. The molecule has 0 aliphatic carbocycles. The predicted octanol–water partition coefficient (Wildman–Crippen LogP) is 0.919. The minimum Gasteiger partial charge on any atom is -0.368 e. The van der Waals surface area contributed by atoms with Crippen LogP contribution in [0.1, 0.15) is 5.56 Å². The SMILES string of the molecule is Cc1cccc(-c2nnc(SCC(=O)N(C)C)n2CC(N)=O)c1. The molecule has 0 aliphatic rings. The van der Waals surface area contributed by atoms with Crippen molar-refractivity contribution in [3.8, 4) is 11.4 Å². The Hall–Kier alpha value is -2.35. The number of nitrogens with two attached hydrogens (primary N) is 1. The van der Waals surface area contributed by atoms with Gasteiger partial charge in [0.1, 0.15) is 6.54 Å². The summed E-state index contributed by atoms with van der Waals surface area (Å²) < 4.78 is 1.64. The maximum atomic E-state index is 11.7. The van der Waals surface area contributed by atoms with Crippen LogP contribution < -0.4 is 5.73 Å². The number of nitrogens with zero attached hydrogens (tertiary/aromatic N) is 4. The first kappa shape index (κ1) is 17.0. The minimum absolute atomic E-state index is 0.0330. The molecule has 2 N–H and O–H groups in total. The molecule has 0 saturated carbocycles. The molecule has 1 aromatic carbocycles. The highest BCUT2D eigenvalue weighted by atomic mass is 32.2. The first-order chi connectivity index (χ1) is 10.9.